The average molecular weight is 438 g/mol. The van der Waals surface area contributed by atoms with Crippen molar-refractivity contribution in [3.05, 3.63) is 64.2 Å². The SMILES string of the molecule is CCc1ccc(C(=O)COC(=O)c2cc(S(=O)(=O)N(CC)CC)ccc2Cl)cc1. The molecule has 0 aliphatic rings. The van der Waals surface area contributed by atoms with Crippen molar-refractivity contribution >= 4 is 33.4 Å². The summed E-state index contributed by atoms with van der Waals surface area (Å²) >= 11 is 6.06. The number of rotatable bonds is 9. The van der Waals surface area contributed by atoms with Gasteiger partial charge in [0, 0.05) is 18.7 Å². The maximum absolute atomic E-state index is 12.7. The topological polar surface area (TPSA) is 80.8 Å². The Kier molecular flexibility index (Phi) is 7.96. The van der Waals surface area contributed by atoms with Crippen molar-refractivity contribution < 1.29 is 22.7 Å². The van der Waals surface area contributed by atoms with Gasteiger partial charge in [0.2, 0.25) is 10.0 Å². The van der Waals surface area contributed by atoms with Crippen molar-refractivity contribution in [2.45, 2.75) is 32.1 Å². The maximum Gasteiger partial charge on any atom is 0.340 e. The van der Waals surface area contributed by atoms with Gasteiger partial charge in [-0.15, -0.1) is 0 Å². The highest BCUT2D eigenvalue weighted by Crippen LogP contribution is 2.24. The van der Waals surface area contributed by atoms with Crippen LogP contribution in [0.4, 0.5) is 0 Å². The van der Waals surface area contributed by atoms with Crippen LogP contribution in [0.15, 0.2) is 47.4 Å². The van der Waals surface area contributed by atoms with Crippen LogP contribution in [0, 0.1) is 0 Å². The molecule has 0 saturated heterocycles. The van der Waals surface area contributed by atoms with Crippen molar-refractivity contribution in [2.75, 3.05) is 19.7 Å². The number of Topliss-reactive ketones (excluding diaryl/α,β-unsaturated/α-hetero) is 1. The van der Waals surface area contributed by atoms with Crippen molar-refractivity contribution in [1.29, 1.82) is 0 Å². The van der Waals surface area contributed by atoms with Gasteiger partial charge < -0.3 is 4.74 Å². The highest BCUT2D eigenvalue weighted by atomic mass is 35.5. The molecule has 29 heavy (non-hydrogen) atoms. The molecule has 0 heterocycles. The molecule has 8 heteroatoms. The fourth-order valence-electron chi connectivity index (χ4n) is 2.75. The maximum atomic E-state index is 12.7. The molecule has 2 rings (SSSR count). The number of hydrogen-bond donors (Lipinski definition) is 0. The first-order chi connectivity index (χ1) is 13.7. The van der Waals surface area contributed by atoms with Gasteiger partial charge in [-0.3, -0.25) is 4.79 Å². The summed E-state index contributed by atoms with van der Waals surface area (Å²) in [6.45, 7) is 5.60. The molecule has 2 aromatic carbocycles. The lowest BCUT2D eigenvalue weighted by molar-refractivity contribution is 0.0474. The molecule has 0 aliphatic heterocycles. The van der Waals surface area contributed by atoms with E-state index in [1.54, 1.807) is 26.0 Å². The number of ketones is 1. The second-order valence-electron chi connectivity index (χ2n) is 6.28. The predicted molar refractivity (Wildman–Crippen MR) is 112 cm³/mol. The normalized spacial score (nSPS) is 11.5. The van der Waals surface area contributed by atoms with Crippen LogP contribution in [-0.2, 0) is 21.2 Å². The van der Waals surface area contributed by atoms with E-state index in [1.807, 2.05) is 19.1 Å². The first-order valence-corrected chi connectivity index (χ1v) is 11.1. The van der Waals surface area contributed by atoms with E-state index in [0.717, 1.165) is 12.0 Å². The van der Waals surface area contributed by atoms with E-state index in [9.17, 15) is 18.0 Å². The van der Waals surface area contributed by atoms with Crippen molar-refractivity contribution in [3.63, 3.8) is 0 Å². The smallest absolute Gasteiger partial charge is 0.340 e. The van der Waals surface area contributed by atoms with E-state index in [2.05, 4.69) is 0 Å². The summed E-state index contributed by atoms with van der Waals surface area (Å²) in [7, 11) is -3.75. The van der Waals surface area contributed by atoms with Gasteiger partial charge in [-0.05, 0) is 30.2 Å². The van der Waals surface area contributed by atoms with Crippen LogP contribution in [-0.4, -0.2) is 44.2 Å². The molecule has 6 nitrogen and oxygen atoms in total. The fourth-order valence-corrected chi connectivity index (χ4v) is 4.43. The zero-order valence-electron chi connectivity index (χ0n) is 16.6. The Labute approximate surface area is 176 Å². The van der Waals surface area contributed by atoms with Gasteiger partial charge in [0.1, 0.15) is 0 Å². The standard InChI is InChI=1S/C21H24ClNO5S/c1-4-15-7-9-16(10-8-15)20(24)14-28-21(25)18-13-17(11-12-19(18)22)29(26,27)23(5-2)6-3/h7-13H,4-6,14H2,1-3H3. The molecule has 0 aliphatic carbocycles. The molecule has 0 N–H and O–H groups in total. The minimum absolute atomic E-state index is 0.0493. The lowest BCUT2D eigenvalue weighted by Crippen LogP contribution is -2.30. The van der Waals surface area contributed by atoms with Gasteiger partial charge in [-0.2, -0.15) is 4.31 Å². The number of carbonyl (C=O) groups is 2. The third-order valence-corrected chi connectivity index (χ3v) is 6.89. The Balaban J connectivity index is 2.17. The summed E-state index contributed by atoms with van der Waals surface area (Å²) in [5, 5.41) is 0.0493. The predicted octanol–water partition coefficient (Wildman–Crippen LogP) is 3.97. The number of carbonyl (C=O) groups excluding carboxylic acids is 2. The van der Waals surface area contributed by atoms with Crippen LogP contribution >= 0.6 is 11.6 Å². The number of sulfonamides is 1. The minimum Gasteiger partial charge on any atom is -0.454 e. The summed E-state index contributed by atoms with van der Waals surface area (Å²) < 4.78 is 31.7. The largest absolute Gasteiger partial charge is 0.454 e. The average Bonchev–Trinajstić information content (AvgIpc) is 2.72. The highest BCUT2D eigenvalue weighted by Gasteiger charge is 2.24. The molecule has 156 valence electrons. The number of esters is 1. The molecule has 0 aromatic heterocycles. The summed E-state index contributed by atoms with van der Waals surface area (Å²) in [5.74, 6) is -1.21. The van der Waals surface area contributed by atoms with E-state index in [1.165, 1.54) is 22.5 Å². The van der Waals surface area contributed by atoms with E-state index in [-0.39, 0.29) is 21.3 Å². The zero-order chi connectivity index (χ0) is 21.6. The Bertz CT molecular complexity index is 983. The van der Waals surface area contributed by atoms with E-state index >= 15 is 0 Å². The van der Waals surface area contributed by atoms with Crippen molar-refractivity contribution in [2.24, 2.45) is 0 Å². The number of ether oxygens (including phenoxy) is 1. The van der Waals surface area contributed by atoms with Gasteiger partial charge in [0.25, 0.3) is 0 Å². The first-order valence-electron chi connectivity index (χ1n) is 9.33. The summed E-state index contributed by atoms with van der Waals surface area (Å²) in [6.07, 6.45) is 0.856. The summed E-state index contributed by atoms with van der Waals surface area (Å²) in [6, 6.07) is 10.9. The van der Waals surface area contributed by atoms with Crippen LogP contribution in [0.1, 0.15) is 47.1 Å². The molecular weight excluding hydrogens is 414 g/mol. The second kappa shape index (κ2) is 10.0. The lowest BCUT2D eigenvalue weighted by Gasteiger charge is -2.19. The Morgan fingerprint density at radius 1 is 1.00 bits per heavy atom. The third-order valence-electron chi connectivity index (χ3n) is 4.52. The van der Waals surface area contributed by atoms with Crippen molar-refractivity contribution in [3.8, 4) is 0 Å². The second-order valence-corrected chi connectivity index (χ2v) is 8.63. The molecule has 0 spiro atoms. The molecule has 0 saturated carbocycles. The molecule has 2 aromatic rings. The Hall–Kier alpha value is -2.22. The van der Waals surface area contributed by atoms with E-state index in [0.29, 0.717) is 18.7 Å². The van der Waals surface area contributed by atoms with Crippen LogP contribution in [0.25, 0.3) is 0 Å². The summed E-state index contributed by atoms with van der Waals surface area (Å²) in [4.78, 5) is 24.6. The highest BCUT2D eigenvalue weighted by molar-refractivity contribution is 7.89. The number of aryl methyl sites for hydroxylation is 1. The Morgan fingerprint density at radius 3 is 2.17 bits per heavy atom. The monoisotopic (exact) mass is 437 g/mol. The van der Waals surface area contributed by atoms with Gasteiger partial charge in [-0.25, -0.2) is 13.2 Å². The molecule has 0 atom stereocenters. The van der Waals surface area contributed by atoms with Crippen LogP contribution in [0.5, 0.6) is 0 Å². The zero-order valence-corrected chi connectivity index (χ0v) is 18.2. The van der Waals surface area contributed by atoms with Gasteiger partial charge >= 0.3 is 5.97 Å². The summed E-state index contributed by atoms with van der Waals surface area (Å²) in [5.41, 5.74) is 1.42. The first kappa shape index (κ1) is 23.1. The molecule has 0 bridgehead atoms. The van der Waals surface area contributed by atoms with E-state index in [4.69, 9.17) is 16.3 Å². The van der Waals surface area contributed by atoms with Crippen LogP contribution < -0.4 is 0 Å². The van der Waals surface area contributed by atoms with Crippen LogP contribution in [0.3, 0.4) is 0 Å². The minimum atomic E-state index is -3.75. The quantitative estimate of drug-likeness (QED) is 0.438. The molecule has 0 radical (unpaired) electrons. The molecular formula is C21H24ClNO5S. The third kappa shape index (κ3) is 5.44. The molecule has 0 fully saturated rings. The number of nitrogens with zero attached hydrogens (tertiary/aromatic N) is 1. The van der Waals surface area contributed by atoms with Crippen LogP contribution in [0.2, 0.25) is 5.02 Å². The number of halogens is 1. The Morgan fingerprint density at radius 2 is 1.62 bits per heavy atom. The number of benzene rings is 2. The van der Waals surface area contributed by atoms with Gasteiger partial charge in [0.05, 0.1) is 15.5 Å². The van der Waals surface area contributed by atoms with E-state index < -0.39 is 22.6 Å². The van der Waals surface area contributed by atoms with Crippen molar-refractivity contribution in [1.82, 2.24) is 4.31 Å². The molecule has 0 unspecified atom stereocenters. The number of hydrogen-bond acceptors (Lipinski definition) is 5. The molecule has 0 amide bonds. The van der Waals surface area contributed by atoms with Gasteiger partial charge in [0.15, 0.2) is 12.4 Å². The lowest BCUT2D eigenvalue weighted by atomic mass is 10.1. The fraction of sp³-hybridized carbons (Fsp3) is 0.333. The van der Waals surface area contributed by atoms with Gasteiger partial charge in [-0.1, -0.05) is 56.6 Å².